The molecule has 9 nitrogen and oxygen atoms in total. The van der Waals surface area contributed by atoms with E-state index in [1.807, 2.05) is 0 Å². The van der Waals surface area contributed by atoms with Crippen molar-refractivity contribution in [1.29, 1.82) is 0 Å². The molecular weight excluding hydrogens is 361 g/mol. The van der Waals surface area contributed by atoms with Gasteiger partial charge in [0.15, 0.2) is 0 Å². The highest BCUT2D eigenvalue weighted by Gasteiger charge is 2.16. The van der Waals surface area contributed by atoms with Gasteiger partial charge < -0.3 is 25.5 Å². The average molecular weight is 385 g/mol. The fourth-order valence-electron chi connectivity index (χ4n) is 2.43. The summed E-state index contributed by atoms with van der Waals surface area (Å²) < 4.78 is 13.0. The Labute approximate surface area is 156 Å². The third-order valence-electron chi connectivity index (χ3n) is 3.83. The first-order chi connectivity index (χ1) is 12.8. The molecule has 0 spiro atoms. The molecule has 0 radical (unpaired) electrons. The third-order valence-corrected chi connectivity index (χ3v) is 3.83. The summed E-state index contributed by atoms with van der Waals surface area (Å²) in [6, 6.07) is 5.91. The van der Waals surface area contributed by atoms with Crippen LogP contribution in [0.3, 0.4) is 0 Å². The van der Waals surface area contributed by atoms with Gasteiger partial charge in [0.25, 0.3) is 0 Å². The number of nitrogens with one attached hydrogen (secondary N) is 1. The van der Waals surface area contributed by atoms with Crippen LogP contribution in [0.5, 0.6) is 0 Å². The summed E-state index contributed by atoms with van der Waals surface area (Å²) in [5.74, 6) is -4.10. The number of hydrogen-bond donors (Lipinski definition) is 4. The molecule has 1 aliphatic heterocycles. The minimum absolute atomic E-state index is 0.0987. The van der Waals surface area contributed by atoms with Gasteiger partial charge in [0.2, 0.25) is 5.91 Å². The predicted molar refractivity (Wildman–Crippen MR) is 94.9 cm³/mol. The number of halogens is 1. The first-order valence-corrected chi connectivity index (χ1v) is 8.39. The van der Waals surface area contributed by atoms with Crippen LogP contribution in [0.1, 0.15) is 6.42 Å². The second-order valence-electron chi connectivity index (χ2n) is 5.83. The van der Waals surface area contributed by atoms with E-state index >= 15 is 0 Å². The Bertz CT molecular complexity index is 623. The lowest BCUT2D eigenvalue weighted by Gasteiger charge is -2.34. The molecule has 1 aromatic rings. The highest BCUT2D eigenvalue weighted by molar-refractivity contribution is 6.27. The number of benzene rings is 1. The summed E-state index contributed by atoms with van der Waals surface area (Å²) in [4.78, 5) is 34.5. The molecule has 0 unspecified atom stereocenters. The van der Waals surface area contributed by atoms with E-state index in [2.05, 4.69) is 15.1 Å². The number of anilines is 1. The van der Waals surface area contributed by atoms with Crippen LogP contribution in [-0.4, -0.2) is 88.8 Å². The van der Waals surface area contributed by atoms with Crippen molar-refractivity contribution < 1.29 is 34.1 Å². The first kappa shape index (κ1) is 22.5. The molecule has 10 heteroatoms. The van der Waals surface area contributed by atoms with Gasteiger partial charge >= 0.3 is 11.9 Å². The van der Waals surface area contributed by atoms with Gasteiger partial charge in [0.05, 0.1) is 6.61 Å². The lowest BCUT2D eigenvalue weighted by Crippen LogP contribution is -2.47. The van der Waals surface area contributed by atoms with Crippen LogP contribution in [0.4, 0.5) is 10.1 Å². The van der Waals surface area contributed by atoms with E-state index in [4.69, 9.17) is 24.9 Å². The number of aliphatic carboxylic acids is 2. The number of hydrogen-bond acceptors (Lipinski definition) is 6. The number of rotatable bonds is 6. The van der Waals surface area contributed by atoms with Crippen molar-refractivity contribution in [2.24, 2.45) is 0 Å². The lowest BCUT2D eigenvalue weighted by molar-refractivity contribution is -0.159. The van der Waals surface area contributed by atoms with E-state index < -0.39 is 11.9 Å². The van der Waals surface area contributed by atoms with Gasteiger partial charge in [-0.3, -0.25) is 9.69 Å². The Balaban J connectivity index is 0.000000527. The number of aliphatic hydroxyl groups excluding tert-OH is 1. The molecule has 1 saturated heterocycles. The van der Waals surface area contributed by atoms with Crippen LogP contribution in [-0.2, 0) is 14.4 Å². The number of amides is 1. The molecule has 0 aliphatic carbocycles. The zero-order chi connectivity index (χ0) is 20.2. The largest absolute Gasteiger partial charge is 0.473 e. The van der Waals surface area contributed by atoms with Crippen molar-refractivity contribution in [3.05, 3.63) is 30.1 Å². The SMILES string of the molecule is O=C(CCN1CCN(CCO)CC1)Nc1cccc(F)c1.O=C(O)C(=O)O. The number of carbonyl (C=O) groups is 3. The van der Waals surface area contributed by atoms with Gasteiger partial charge in [-0.2, -0.15) is 0 Å². The molecule has 0 bridgehead atoms. The van der Waals surface area contributed by atoms with Crippen LogP contribution in [0, 0.1) is 5.82 Å². The Morgan fingerprint density at radius 1 is 1.00 bits per heavy atom. The molecule has 150 valence electrons. The van der Waals surface area contributed by atoms with Gasteiger partial charge in [-0.05, 0) is 18.2 Å². The van der Waals surface area contributed by atoms with Gasteiger partial charge in [-0.15, -0.1) is 0 Å². The van der Waals surface area contributed by atoms with Gasteiger partial charge in [0.1, 0.15) is 5.82 Å². The van der Waals surface area contributed by atoms with Crippen molar-refractivity contribution in [2.45, 2.75) is 6.42 Å². The minimum Gasteiger partial charge on any atom is -0.473 e. The molecule has 1 aromatic carbocycles. The normalized spacial score (nSPS) is 14.7. The Kier molecular flexibility index (Phi) is 9.94. The molecular formula is C17H24FN3O6. The predicted octanol–water partition coefficient (Wildman–Crippen LogP) is -0.0802. The molecule has 4 N–H and O–H groups in total. The summed E-state index contributed by atoms with van der Waals surface area (Å²) in [6.45, 7) is 5.27. The Hall–Kier alpha value is -2.56. The quantitative estimate of drug-likeness (QED) is 0.500. The monoisotopic (exact) mass is 385 g/mol. The van der Waals surface area contributed by atoms with Gasteiger partial charge in [-0.25, -0.2) is 14.0 Å². The Morgan fingerprint density at radius 2 is 1.56 bits per heavy atom. The van der Waals surface area contributed by atoms with E-state index in [0.717, 1.165) is 26.2 Å². The van der Waals surface area contributed by atoms with Gasteiger partial charge in [-0.1, -0.05) is 6.07 Å². The standard InChI is InChI=1S/C15H22FN3O2.C2H2O4/c16-13-2-1-3-14(12-13)17-15(21)4-5-18-6-8-19(9-7-18)10-11-20;3-1(4)2(5)6/h1-3,12,20H,4-11H2,(H,17,21);(H,3,4)(H,5,6). The molecule has 0 aromatic heterocycles. The van der Waals surface area contributed by atoms with E-state index in [9.17, 15) is 9.18 Å². The van der Waals surface area contributed by atoms with E-state index in [1.165, 1.54) is 12.1 Å². The minimum atomic E-state index is -1.82. The average Bonchev–Trinajstić information content (AvgIpc) is 2.62. The number of carboxylic acid groups (broad SMARTS) is 2. The second-order valence-corrected chi connectivity index (χ2v) is 5.83. The fraction of sp³-hybridized carbons (Fsp3) is 0.471. The first-order valence-electron chi connectivity index (χ1n) is 8.39. The van der Waals surface area contributed by atoms with Crippen LogP contribution in [0.25, 0.3) is 0 Å². The van der Waals surface area contributed by atoms with Crippen molar-refractivity contribution in [1.82, 2.24) is 9.80 Å². The van der Waals surface area contributed by atoms with Crippen molar-refractivity contribution in [2.75, 3.05) is 51.2 Å². The molecule has 27 heavy (non-hydrogen) atoms. The fourth-order valence-corrected chi connectivity index (χ4v) is 2.43. The highest BCUT2D eigenvalue weighted by atomic mass is 19.1. The van der Waals surface area contributed by atoms with Crippen molar-refractivity contribution in [3.63, 3.8) is 0 Å². The summed E-state index contributed by atoms with van der Waals surface area (Å²) in [6.07, 6.45) is 0.399. The number of aliphatic hydroxyl groups is 1. The van der Waals surface area contributed by atoms with Gasteiger partial charge in [0, 0.05) is 51.4 Å². The summed E-state index contributed by atoms with van der Waals surface area (Å²) in [7, 11) is 0. The molecule has 1 amide bonds. The maximum absolute atomic E-state index is 13.0. The van der Waals surface area contributed by atoms with E-state index in [-0.39, 0.29) is 18.3 Å². The Morgan fingerprint density at radius 3 is 2.04 bits per heavy atom. The smallest absolute Gasteiger partial charge is 0.414 e. The number of β-amino-alcohol motifs (C(OH)–C–C–N with tert-alkyl or cyclic N) is 1. The number of carbonyl (C=O) groups excluding carboxylic acids is 1. The summed E-state index contributed by atoms with van der Waals surface area (Å²) >= 11 is 0. The molecule has 0 atom stereocenters. The van der Waals surface area contributed by atoms with Crippen molar-refractivity contribution in [3.8, 4) is 0 Å². The maximum atomic E-state index is 13.0. The zero-order valence-corrected chi connectivity index (χ0v) is 14.8. The van der Waals surface area contributed by atoms with E-state index in [0.29, 0.717) is 25.2 Å². The number of carboxylic acids is 2. The lowest BCUT2D eigenvalue weighted by atomic mass is 10.2. The van der Waals surface area contributed by atoms with Crippen LogP contribution in [0.15, 0.2) is 24.3 Å². The molecule has 1 aliphatic rings. The van der Waals surface area contributed by atoms with Crippen LogP contribution < -0.4 is 5.32 Å². The maximum Gasteiger partial charge on any atom is 0.414 e. The highest BCUT2D eigenvalue weighted by Crippen LogP contribution is 2.10. The summed E-state index contributed by atoms with van der Waals surface area (Å²) in [5, 5.41) is 26.4. The zero-order valence-electron chi connectivity index (χ0n) is 14.8. The molecule has 1 heterocycles. The molecule has 0 saturated carbocycles. The second kappa shape index (κ2) is 11.9. The van der Waals surface area contributed by atoms with E-state index in [1.54, 1.807) is 12.1 Å². The number of nitrogens with zero attached hydrogens (tertiary/aromatic N) is 2. The van der Waals surface area contributed by atoms with Crippen LogP contribution in [0.2, 0.25) is 0 Å². The molecule has 2 rings (SSSR count). The summed E-state index contributed by atoms with van der Waals surface area (Å²) in [5.41, 5.74) is 0.493. The third kappa shape index (κ3) is 9.64. The van der Waals surface area contributed by atoms with Crippen LogP contribution >= 0.6 is 0 Å². The van der Waals surface area contributed by atoms with Crippen molar-refractivity contribution >= 4 is 23.5 Å². The topological polar surface area (TPSA) is 130 Å². The number of piperazine rings is 1. The molecule has 1 fully saturated rings.